The van der Waals surface area contributed by atoms with E-state index in [2.05, 4.69) is 53.7 Å². The molecule has 1 unspecified atom stereocenters. The van der Waals surface area contributed by atoms with E-state index in [4.69, 9.17) is 23.4 Å². The van der Waals surface area contributed by atoms with Gasteiger partial charge in [-0.2, -0.15) is 0 Å². The third-order valence-electron chi connectivity index (χ3n) is 10.3. The minimum atomic E-state index is -2.45. The summed E-state index contributed by atoms with van der Waals surface area (Å²) in [5.74, 6) is 1.28. The number of aliphatic hydroxyl groups excluding tert-OH is 1. The van der Waals surface area contributed by atoms with E-state index < -0.39 is 32.7 Å². The quantitative estimate of drug-likeness (QED) is 0.0941. The Morgan fingerprint density at radius 2 is 1.51 bits per heavy atom. The van der Waals surface area contributed by atoms with Crippen molar-refractivity contribution in [2.45, 2.75) is 102 Å². The van der Waals surface area contributed by atoms with Gasteiger partial charge < -0.3 is 33.6 Å². The first kappa shape index (κ1) is 40.4. The van der Waals surface area contributed by atoms with E-state index in [1.54, 1.807) is 7.11 Å². The Morgan fingerprint density at radius 1 is 0.863 bits per heavy atom. The van der Waals surface area contributed by atoms with Gasteiger partial charge in [-0.25, -0.2) is 4.79 Å². The number of hydrogen-bond donors (Lipinski definition) is 2. The van der Waals surface area contributed by atoms with Crippen LogP contribution in [0.5, 0.6) is 11.5 Å². The molecule has 0 aliphatic carbocycles. The Hall–Kier alpha value is -3.41. The number of likely N-dealkylation sites (tertiary alicyclic amines) is 1. The monoisotopic (exact) mass is 721 g/mol. The molecule has 51 heavy (non-hydrogen) atoms. The molecule has 0 bridgehead atoms. The molecule has 0 spiro atoms. The van der Waals surface area contributed by atoms with E-state index in [-0.39, 0.29) is 25.7 Å². The Balaban J connectivity index is 1.60. The fraction of sp³-hybridized carbons (Fsp3) is 0.537. The molecule has 1 aliphatic rings. The minimum Gasteiger partial charge on any atom is -0.496 e. The van der Waals surface area contributed by atoms with Crippen LogP contribution in [0.25, 0.3) is 0 Å². The van der Waals surface area contributed by atoms with Crippen molar-refractivity contribution in [1.82, 2.24) is 4.90 Å². The molecule has 1 amide bonds. The first-order chi connectivity index (χ1) is 24.5. The molecule has 1 aliphatic heterocycles. The lowest BCUT2D eigenvalue weighted by atomic mass is 9.78. The second-order valence-electron chi connectivity index (χ2n) is 14.4. The standard InChI is InChI=1S/C41H59NO8Si/c1-29(2)51(30(3)4,31(5)6)50-38-27-42(41(44)45)36(26-32-14-9-8-10-15-32)40(49-25-22-43)39(38)33-18-20-35(21-19-33)48-24-13-23-47-28-34-16-11-12-17-37(34)46-7/h8-12,14-21,29-31,36,38-40,43H,13,22-28H2,1-7H3,(H,44,45)/t36?,38-,39+,40+/m1/s1. The maximum absolute atomic E-state index is 13.0. The normalized spacial score (nSPS) is 19.5. The summed E-state index contributed by atoms with van der Waals surface area (Å²) in [5, 5.41) is 20.5. The number of methoxy groups -OCH3 is 1. The SMILES string of the molecule is COc1ccccc1COCCCOc1ccc([C@H]2[C@H](O[Si](C(C)C)(C(C)C)C(C)C)CN(C(=O)O)C(Cc3ccccc3)[C@@H]2OCCO)cc1. The summed E-state index contributed by atoms with van der Waals surface area (Å²) in [5.41, 5.74) is 3.96. The molecule has 4 atom stereocenters. The number of aliphatic hydroxyl groups is 1. The summed E-state index contributed by atoms with van der Waals surface area (Å²) in [4.78, 5) is 14.5. The molecule has 4 rings (SSSR count). The van der Waals surface area contributed by atoms with Crippen LogP contribution in [0, 0.1) is 0 Å². The average Bonchev–Trinajstić information content (AvgIpc) is 3.11. The number of carbonyl (C=O) groups is 1. The van der Waals surface area contributed by atoms with E-state index in [0.29, 0.717) is 42.9 Å². The van der Waals surface area contributed by atoms with Crippen molar-refractivity contribution in [3.8, 4) is 11.5 Å². The molecule has 0 aromatic heterocycles. The zero-order valence-corrected chi connectivity index (χ0v) is 32.5. The van der Waals surface area contributed by atoms with E-state index in [1.807, 2.05) is 66.7 Å². The van der Waals surface area contributed by atoms with Crippen molar-refractivity contribution in [3.63, 3.8) is 0 Å². The van der Waals surface area contributed by atoms with Crippen molar-refractivity contribution >= 4 is 14.4 Å². The van der Waals surface area contributed by atoms with Crippen LogP contribution in [0.4, 0.5) is 4.79 Å². The van der Waals surface area contributed by atoms with E-state index >= 15 is 0 Å². The van der Waals surface area contributed by atoms with E-state index in [1.165, 1.54) is 4.90 Å². The molecule has 2 N–H and O–H groups in total. The number of nitrogens with zero attached hydrogens (tertiary/aromatic N) is 1. The van der Waals surface area contributed by atoms with Crippen molar-refractivity contribution in [2.75, 3.05) is 40.1 Å². The van der Waals surface area contributed by atoms with Crippen molar-refractivity contribution < 1.29 is 38.4 Å². The maximum atomic E-state index is 13.0. The van der Waals surface area contributed by atoms with Gasteiger partial charge >= 0.3 is 6.09 Å². The molecular formula is C41H59NO8Si. The number of piperidine rings is 1. The van der Waals surface area contributed by atoms with Crippen molar-refractivity contribution in [1.29, 1.82) is 0 Å². The lowest BCUT2D eigenvalue weighted by Crippen LogP contribution is -2.64. The van der Waals surface area contributed by atoms with Gasteiger partial charge in [0.2, 0.25) is 8.32 Å². The van der Waals surface area contributed by atoms with Gasteiger partial charge in [-0.05, 0) is 52.4 Å². The van der Waals surface area contributed by atoms with E-state index in [0.717, 1.165) is 34.6 Å². The van der Waals surface area contributed by atoms with Gasteiger partial charge in [-0.15, -0.1) is 0 Å². The third kappa shape index (κ3) is 10.1. The highest BCUT2D eigenvalue weighted by molar-refractivity contribution is 6.77. The molecule has 1 heterocycles. The molecule has 0 saturated carbocycles. The second-order valence-corrected chi connectivity index (χ2v) is 19.8. The summed E-state index contributed by atoms with van der Waals surface area (Å²) >= 11 is 0. The van der Waals surface area contributed by atoms with Gasteiger partial charge in [-0.1, -0.05) is 102 Å². The van der Waals surface area contributed by atoms with Gasteiger partial charge in [-0.3, -0.25) is 4.90 Å². The highest BCUT2D eigenvalue weighted by atomic mass is 28.4. The van der Waals surface area contributed by atoms with Crippen LogP contribution < -0.4 is 9.47 Å². The summed E-state index contributed by atoms with van der Waals surface area (Å²) < 4.78 is 31.3. The summed E-state index contributed by atoms with van der Waals surface area (Å²) in [6.45, 7) is 15.1. The van der Waals surface area contributed by atoms with Gasteiger partial charge in [0.1, 0.15) is 11.5 Å². The first-order valence-corrected chi connectivity index (χ1v) is 20.5. The highest BCUT2D eigenvalue weighted by Crippen LogP contribution is 2.47. The molecular weight excluding hydrogens is 663 g/mol. The molecule has 1 saturated heterocycles. The topological polar surface area (TPSA) is 107 Å². The largest absolute Gasteiger partial charge is 0.496 e. The number of para-hydroxylation sites is 1. The number of benzene rings is 3. The summed E-state index contributed by atoms with van der Waals surface area (Å²) in [7, 11) is -0.786. The van der Waals surface area contributed by atoms with Crippen LogP contribution in [-0.4, -0.2) is 87.9 Å². The number of carboxylic acid groups (broad SMARTS) is 1. The van der Waals surface area contributed by atoms with Crippen LogP contribution in [0.1, 0.15) is 70.6 Å². The van der Waals surface area contributed by atoms with E-state index in [9.17, 15) is 15.0 Å². The van der Waals surface area contributed by atoms with Gasteiger partial charge in [0, 0.05) is 17.9 Å². The number of hydrogen-bond acceptors (Lipinski definition) is 7. The van der Waals surface area contributed by atoms with Crippen LogP contribution in [-0.2, 0) is 26.9 Å². The maximum Gasteiger partial charge on any atom is 0.407 e. The number of ether oxygens (including phenoxy) is 4. The van der Waals surface area contributed by atoms with Gasteiger partial charge in [0.05, 0.1) is 64.9 Å². The zero-order valence-electron chi connectivity index (χ0n) is 31.5. The molecule has 9 nitrogen and oxygen atoms in total. The molecule has 10 heteroatoms. The van der Waals surface area contributed by atoms with Gasteiger partial charge in [0.25, 0.3) is 0 Å². The van der Waals surface area contributed by atoms with Crippen molar-refractivity contribution in [2.24, 2.45) is 0 Å². The minimum absolute atomic E-state index is 0.0913. The molecule has 1 fully saturated rings. The summed E-state index contributed by atoms with van der Waals surface area (Å²) in [6.07, 6.45) is -0.790. The number of rotatable bonds is 19. The van der Waals surface area contributed by atoms with Crippen LogP contribution in [0.3, 0.4) is 0 Å². The zero-order chi connectivity index (χ0) is 37.0. The predicted molar refractivity (Wildman–Crippen MR) is 203 cm³/mol. The van der Waals surface area contributed by atoms with Gasteiger partial charge in [0.15, 0.2) is 0 Å². The fourth-order valence-corrected chi connectivity index (χ4v) is 13.7. The Morgan fingerprint density at radius 3 is 2.12 bits per heavy atom. The molecule has 3 aromatic rings. The average molecular weight is 722 g/mol. The fourth-order valence-electron chi connectivity index (χ4n) is 8.10. The number of amides is 1. The third-order valence-corrected chi connectivity index (χ3v) is 16.5. The lowest BCUT2D eigenvalue weighted by Gasteiger charge is -2.53. The highest BCUT2D eigenvalue weighted by Gasteiger charge is 2.53. The smallest absolute Gasteiger partial charge is 0.407 e. The Labute approximate surface area is 306 Å². The molecule has 0 radical (unpaired) electrons. The Kier molecular flexibility index (Phi) is 15.4. The Bertz CT molecular complexity index is 1450. The lowest BCUT2D eigenvalue weighted by molar-refractivity contribution is -0.0941. The van der Waals surface area contributed by atoms with Crippen LogP contribution in [0.2, 0.25) is 16.6 Å². The van der Waals surface area contributed by atoms with Crippen LogP contribution in [0.15, 0.2) is 78.9 Å². The second kappa shape index (κ2) is 19.4. The molecule has 280 valence electrons. The molecule has 3 aromatic carbocycles. The van der Waals surface area contributed by atoms with Crippen molar-refractivity contribution in [3.05, 3.63) is 95.6 Å². The predicted octanol–water partition coefficient (Wildman–Crippen LogP) is 8.31. The summed E-state index contributed by atoms with van der Waals surface area (Å²) in [6, 6.07) is 25.3. The first-order valence-electron chi connectivity index (χ1n) is 18.4. The van der Waals surface area contributed by atoms with Crippen LogP contribution >= 0.6 is 0 Å².